The molecule has 0 radical (unpaired) electrons. The zero-order chi connectivity index (χ0) is 14.2. The summed E-state index contributed by atoms with van der Waals surface area (Å²) in [4.78, 5) is 20.7. The summed E-state index contributed by atoms with van der Waals surface area (Å²) >= 11 is 0. The van der Waals surface area contributed by atoms with E-state index in [1.165, 1.54) is 29.2 Å². The predicted octanol–water partition coefficient (Wildman–Crippen LogP) is 2.25. The Morgan fingerprint density at radius 1 is 1.24 bits per heavy atom. The van der Waals surface area contributed by atoms with Gasteiger partial charge in [0.1, 0.15) is 17.8 Å². The van der Waals surface area contributed by atoms with E-state index in [9.17, 15) is 4.79 Å². The summed E-state index contributed by atoms with van der Waals surface area (Å²) in [6.07, 6.45) is 5.60. The Hall–Kier alpha value is -2.76. The first kappa shape index (κ1) is 12.0. The number of carbonyl (C=O) groups is 1. The summed E-state index contributed by atoms with van der Waals surface area (Å²) in [6.45, 7) is 0. The average molecular weight is 279 g/mol. The standard InChI is InChI=1S/C15H13N5O/c21-15(12-2-1-3-14-17-9-18-20(12)14)19-13-8-11(6-7-16-13)10-4-5-10/h1-3,6-10H,4-5H2,(H,16,19,21). The van der Waals surface area contributed by atoms with Crippen molar-refractivity contribution in [3.63, 3.8) is 0 Å². The maximum atomic E-state index is 12.4. The van der Waals surface area contributed by atoms with Crippen molar-refractivity contribution in [1.29, 1.82) is 0 Å². The Kier molecular flexibility index (Phi) is 2.67. The van der Waals surface area contributed by atoms with Crippen LogP contribution in [0.4, 0.5) is 5.82 Å². The maximum absolute atomic E-state index is 12.4. The molecule has 1 fully saturated rings. The van der Waals surface area contributed by atoms with Crippen LogP contribution in [0.15, 0.2) is 42.9 Å². The number of anilines is 1. The maximum Gasteiger partial charge on any atom is 0.275 e. The van der Waals surface area contributed by atoms with Crippen LogP contribution in [0, 0.1) is 0 Å². The van der Waals surface area contributed by atoms with Gasteiger partial charge < -0.3 is 5.32 Å². The quantitative estimate of drug-likeness (QED) is 0.798. The molecule has 6 heteroatoms. The van der Waals surface area contributed by atoms with Crippen molar-refractivity contribution in [2.24, 2.45) is 0 Å². The average Bonchev–Trinajstić information content (AvgIpc) is 3.24. The van der Waals surface area contributed by atoms with Crippen molar-refractivity contribution < 1.29 is 4.79 Å². The zero-order valence-corrected chi connectivity index (χ0v) is 11.2. The normalized spacial score (nSPS) is 14.3. The SMILES string of the molecule is O=C(Nc1cc(C2CC2)ccn1)c1cccc2ncnn12. The van der Waals surface area contributed by atoms with Crippen molar-refractivity contribution >= 4 is 17.4 Å². The van der Waals surface area contributed by atoms with Gasteiger partial charge in [0, 0.05) is 6.20 Å². The van der Waals surface area contributed by atoms with Crippen LogP contribution in [0.5, 0.6) is 0 Å². The lowest BCUT2D eigenvalue weighted by atomic mass is 10.2. The molecule has 1 N–H and O–H groups in total. The van der Waals surface area contributed by atoms with Gasteiger partial charge in [-0.2, -0.15) is 5.10 Å². The number of pyridine rings is 2. The van der Waals surface area contributed by atoms with Gasteiger partial charge in [-0.25, -0.2) is 14.5 Å². The first-order valence-electron chi connectivity index (χ1n) is 6.87. The van der Waals surface area contributed by atoms with Gasteiger partial charge in [-0.1, -0.05) is 6.07 Å². The van der Waals surface area contributed by atoms with E-state index in [1.54, 1.807) is 24.4 Å². The van der Waals surface area contributed by atoms with E-state index in [4.69, 9.17) is 0 Å². The Labute approximate surface area is 120 Å². The molecule has 0 spiro atoms. The highest BCUT2D eigenvalue weighted by Gasteiger charge is 2.24. The fourth-order valence-corrected chi connectivity index (χ4v) is 2.38. The van der Waals surface area contributed by atoms with Gasteiger partial charge in [0.15, 0.2) is 5.65 Å². The highest BCUT2D eigenvalue weighted by molar-refractivity contribution is 6.02. The highest BCUT2D eigenvalue weighted by atomic mass is 16.2. The second-order valence-electron chi connectivity index (χ2n) is 5.14. The number of nitrogens with zero attached hydrogens (tertiary/aromatic N) is 4. The zero-order valence-electron chi connectivity index (χ0n) is 11.2. The smallest absolute Gasteiger partial charge is 0.275 e. The van der Waals surface area contributed by atoms with Crippen molar-refractivity contribution in [3.8, 4) is 0 Å². The molecule has 0 unspecified atom stereocenters. The van der Waals surface area contributed by atoms with Crippen LogP contribution >= 0.6 is 0 Å². The molecule has 0 saturated heterocycles. The lowest BCUT2D eigenvalue weighted by Crippen LogP contribution is -2.17. The molecule has 1 saturated carbocycles. The Morgan fingerprint density at radius 2 is 2.14 bits per heavy atom. The fourth-order valence-electron chi connectivity index (χ4n) is 2.38. The summed E-state index contributed by atoms with van der Waals surface area (Å²) in [7, 11) is 0. The predicted molar refractivity (Wildman–Crippen MR) is 77.2 cm³/mol. The van der Waals surface area contributed by atoms with Crippen molar-refractivity contribution in [3.05, 3.63) is 54.1 Å². The van der Waals surface area contributed by atoms with Crippen LogP contribution in [-0.4, -0.2) is 25.5 Å². The number of carbonyl (C=O) groups excluding carboxylic acids is 1. The van der Waals surface area contributed by atoms with Gasteiger partial charge >= 0.3 is 0 Å². The van der Waals surface area contributed by atoms with Gasteiger partial charge in [0.25, 0.3) is 5.91 Å². The summed E-state index contributed by atoms with van der Waals surface area (Å²) in [5, 5.41) is 6.89. The number of hydrogen-bond acceptors (Lipinski definition) is 4. The molecule has 3 heterocycles. The molecule has 1 aliphatic rings. The molecule has 4 rings (SSSR count). The third-order valence-corrected chi connectivity index (χ3v) is 3.61. The molecule has 6 nitrogen and oxygen atoms in total. The fraction of sp³-hybridized carbons (Fsp3) is 0.200. The van der Waals surface area contributed by atoms with Gasteiger partial charge in [0.2, 0.25) is 0 Å². The molecule has 1 amide bonds. The minimum absolute atomic E-state index is 0.244. The Morgan fingerprint density at radius 3 is 3.00 bits per heavy atom. The lowest BCUT2D eigenvalue weighted by Gasteiger charge is -2.07. The minimum Gasteiger partial charge on any atom is -0.305 e. The molecule has 0 aromatic carbocycles. The van der Waals surface area contributed by atoms with Crippen LogP contribution in [-0.2, 0) is 0 Å². The van der Waals surface area contributed by atoms with Crippen LogP contribution < -0.4 is 5.32 Å². The topological polar surface area (TPSA) is 72.2 Å². The van der Waals surface area contributed by atoms with Crippen LogP contribution in [0.2, 0.25) is 0 Å². The second kappa shape index (κ2) is 4.66. The molecular weight excluding hydrogens is 266 g/mol. The van der Waals surface area contributed by atoms with Gasteiger partial charge in [0.05, 0.1) is 0 Å². The summed E-state index contributed by atoms with van der Waals surface area (Å²) in [5.41, 5.74) is 2.31. The monoisotopic (exact) mass is 279 g/mol. The molecule has 3 aromatic heterocycles. The number of nitrogens with one attached hydrogen (secondary N) is 1. The summed E-state index contributed by atoms with van der Waals surface area (Å²) in [6, 6.07) is 9.24. The molecule has 0 atom stereocenters. The van der Waals surface area contributed by atoms with Crippen LogP contribution in [0.1, 0.15) is 34.8 Å². The molecular formula is C15H13N5O. The molecule has 104 valence electrons. The third-order valence-electron chi connectivity index (χ3n) is 3.61. The van der Waals surface area contributed by atoms with Gasteiger partial charge in [-0.15, -0.1) is 0 Å². The van der Waals surface area contributed by atoms with E-state index in [2.05, 4.69) is 20.4 Å². The van der Waals surface area contributed by atoms with Gasteiger partial charge in [-0.3, -0.25) is 4.79 Å². The molecule has 0 bridgehead atoms. The lowest BCUT2D eigenvalue weighted by molar-refractivity contribution is 0.101. The number of rotatable bonds is 3. The van der Waals surface area contributed by atoms with Crippen molar-refractivity contribution in [2.75, 3.05) is 5.32 Å². The van der Waals surface area contributed by atoms with E-state index in [0.717, 1.165) is 0 Å². The van der Waals surface area contributed by atoms with E-state index in [1.807, 2.05) is 12.1 Å². The first-order valence-corrected chi connectivity index (χ1v) is 6.87. The van der Waals surface area contributed by atoms with E-state index in [-0.39, 0.29) is 5.91 Å². The summed E-state index contributed by atoms with van der Waals surface area (Å²) < 4.78 is 1.51. The summed E-state index contributed by atoms with van der Waals surface area (Å²) in [5.74, 6) is 0.954. The molecule has 1 aliphatic carbocycles. The minimum atomic E-state index is -0.244. The van der Waals surface area contributed by atoms with Gasteiger partial charge in [-0.05, 0) is 48.6 Å². The highest BCUT2D eigenvalue weighted by Crippen LogP contribution is 2.40. The molecule has 21 heavy (non-hydrogen) atoms. The number of hydrogen-bond donors (Lipinski definition) is 1. The third kappa shape index (κ3) is 2.24. The van der Waals surface area contributed by atoms with Crippen LogP contribution in [0.25, 0.3) is 5.65 Å². The van der Waals surface area contributed by atoms with E-state index in [0.29, 0.717) is 23.1 Å². The molecule has 0 aliphatic heterocycles. The number of fused-ring (bicyclic) bond motifs is 1. The number of aromatic nitrogens is 4. The Bertz CT molecular complexity index is 822. The van der Waals surface area contributed by atoms with Crippen LogP contribution in [0.3, 0.4) is 0 Å². The largest absolute Gasteiger partial charge is 0.305 e. The number of amides is 1. The Balaban J connectivity index is 1.63. The van der Waals surface area contributed by atoms with Crippen molar-refractivity contribution in [2.45, 2.75) is 18.8 Å². The second-order valence-corrected chi connectivity index (χ2v) is 5.14. The molecule has 3 aromatic rings. The van der Waals surface area contributed by atoms with Crippen molar-refractivity contribution in [1.82, 2.24) is 19.6 Å². The van der Waals surface area contributed by atoms with E-state index >= 15 is 0 Å². The van der Waals surface area contributed by atoms with E-state index < -0.39 is 0 Å². The first-order chi connectivity index (χ1) is 10.3.